The Morgan fingerprint density at radius 1 is 1.05 bits per heavy atom. The Labute approximate surface area is 132 Å². The summed E-state index contributed by atoms with van der Waals surface area (Å²) in [6.07, 6.45) is 3.78. The van der Waals surface area contributed by atoms with E-state index in [2.05, 4.69) is 71.9 Å². The normalized spacial score (nSPS) is 15.2. The van der Waals surface area contributed by atoms with E-state index in [1.807, 2.05) is 0 Å². The molecule has 0 fully saturated rings. The highest BCUT2D eigenvalue weighted by molar-refractivity contribution is 5.13. The van der Waals surface area contributed by atoms with E-state index in [4.69, 9.17) is 4.74 Å². The number of hydrogen-bond donors (Lipinski definition) is 0. The second-order valence-electron chi connectivity index (χ2n) is 7.64. The standard InChI is InChI=1S/C20H34O/c1-7-8-14-20(17(2)3,19(4,5)6)16-21-15-18-12-10-9-11-13-18/h9-13,17H,7-8,14-16H2,1-6H3. The molecule has 1 nitrogen and oxygen atoms in total. The number of unbranched alkanes of at least 4 members (excludes halogenated alkanes) is 1. The van der Waals surface area contributed by atoms with E-state index in [0.29, 0.717) is 5.92 Å². The van der Waals surface area contributed by atoms with Crippen molar-refractivity contribution in [2.24, 2.45) is 16.7 Å². The SMILES string of the molecule is CCCCC(COCc1ccccc1)(C(C)C)C(C)(C)C. The lowest BCUT2D eigenvalue weighted by Gasteiger charge is -2.48. The highest BCUT2D eigenvalue weighted by Gasteiger charge is 2.43. The van der Waals surface area contributed by atoms with Gasteiger partial charge < -0.3 is 4.74 Å². The van der Waals surface area contributed by atoms with E-state index < -0.39 is 0 Å². The van der Waals surface area contributed by atoms with Crippen molar-refractivity contribution in [2.75, 3.05) is 6.61 Å². The van der Waals surface area contributed by atoms with E-state index in [-0.39, 0.29) is 10.8 Å². The van der Waals surface area contributed by atoms with Crippen molar-refractivity contribution in [3.05, 3.63) is 35.9 Å². The fraction of sp³-hybridized carbons (Fsp3) is 0.700. The third-order valence-corrected chi connectivity index (χ3v) is 5.05. The van der Waals surface area contributed by atoms with E-state index in [9.17, 15) is 0 Å². The van der Waals surface area contributed by atoms with E-state index in [0.717, 1.165) is 13.2 Å². The molecule has 0 aliphatic heterocycles. The van der Waals surface area contributed by atoms with Gasteiger partial charge in [0.15, 0.2) is 0 Å². The van der Waals surface area contributed by atoms with Crippen LogP contribution in [0.4, 0.5) is 0 Å². The Balaban J connectivity index is 2.76. The number of rotatable bonds is 8. The molecule has 0 aliphatic carbocycles. The molecular weight excluding hydrogens is 256 g/mol. The van der Waals surface area contributed by atoms with Gasteiger partial charge >= 0.3 is 0 Å². The first-order chi connectivity index (χ1) is 9.83. The lowest BCUT2D eigenvalue weighted by atomic mass is 9.58. The molecule has 1 rings (SSSR count). The Morgan fingerprint density at radius 3 is 2.14 bits per heavy atom. The maximum absolute atomic E-state index is 6.17. The molecule has 0 aromatic heterocycles. The topological polar surface area (TPSA) is 9.23 Å². The summed E-state index contributed by atoms with van der Waals surface area (Å²) in [7, 11) is 0. The molecule has 0 spiro atoms. The molecule has 0 bridgehead atoms. The molecule has 120 valence electrons. The molecule has 1 aromatic carbocycles. The average molecular weight is 290 g/mol. The molecule has 0 aliphatic rings. The van der Waals surface area contributed by atoms with Crippen molar-refractivity contribution in [3.63, 3.8) is 0 Å². The zero-order valence-corrected chi connectivity index (χ0v) is 14.9. The predicted molar refractivity (Wildman–Crippen MR) is 92.3 cm³/mol. The minimum atomic E-state index is 0.248. The van der Waals surface area contributed by atoms with Crippen molar-refractivity contribution < 1.29 is 4.74 Å². The molecule has 1 atom stereocenters. The Hall–Kier alpha value is -0.820. The fourth-order valence-corrected chi connectivity index (χ4v) is 3.40. The second kappa shape index (κ2) is 7.98. The van der Waals surface area contributed by atoms with Crippen molar-refractivity contribution in [1.82, 2.24) is 0 Å². The first-order valence-electron chi connectivity index (χ1n) is 8.45. The summed E-state index contributed by atoms with van der Waals surface area (Å²) < 4.78 is 6.17. The monoisotopic (exact) mass is 290 g/mol. The molecule has 1 aromatic rings. The number of ether oxygens (including phenoxy) is 1. The molecule has 0 saturated heterocycles. The van der Waals surface area contributed by atoms with Crippen LogP contribution in [0.2, 0.25) is 0 Å². The van der Waals surface area contributed by atoms with Gasteiger partial charge in [-0.25, -0.2) is 0 Å². The predicted octanol–water partition coefficient (Wildman–Crippen LogP) is 6.08. The van der Waals surface area contributed by atoms with Crippen LogP contribution in [-0.4, -0.2) is 6.61 Å². The van der Waals surface area contributed by atoms with Crippen LogP contribution in [0.15, 0.2) is 30.3 Å². The third kappa shape index (κ3) is 4.85. The highest BCUT2D eigenvalue weighted by Crippen LogP contribution is 2.48. The van der Waals surface area contributed by atoms with Crippen LogP contribution in [0, 0.1) is 16.7 Å². The lowest BCUT2D eigenvalue weighted by molar-refractivity contribution is -0.0707. The minimum absolute atomic E-state index is 0.248. The summed E-state index contributed by atoms with van der Waals surface area (Å²) in [5.74, 6) is 0.625. The molecule has 0 N–H and O–H groups in total. The Morgan fingerprint density at radius 2 is 1.67 bits per heavy atom. The maximum atomic E-state index is 6.17. The van der Waals surface area contributed by atoms with Crippen LogP contribution in [0.5, 0.6) is 0 Å². The molecule has 0 saturated carbocycles. The van der Waals surface area contributed by atoms with Crippen LogP contribution in [0.3, 0.4) is 0 Å². The molecular formula is C20H34O. The first-order valence-corrected chi connectivity index (χ1v) is 8.45. The van der Waals surface area contributed by atoms with Crippen molar-refractivity contribution in [1.29, 1.82) is 0 Å². The molecule has 0 radical (unpaired) electrons. The van der Waals surface area contributed by atoms with Gasteiger partial charge in [0.25, 0.3) is 0 Å². The summed E-state index contributed by atoms with van der Waals surface area (Å²) in [4.78, 5) is 0. The van der Waals surface area contributed by atoms with Crippen molar-refractivity contribution in [3.8, 4) is 0 Å². The highest BCUT2D eigenvalue weighted by atomic mass is 16.5. The second-order valence-corrected chi connectivity index (χ2v) is 7.64. The van der Waals surface area contributed by atoms with Crippen molar-refractivity contribution >= 4 is 0 Å². The van der Waals surface area contributed by atoms with Gasteiger partial charge in [0.05, 0.1) is 13.2 Å². The largest absolute Gasteiger partial charge is 0.376 e. The number of hydrogen-bond acceptors (Lipinski definition) is 1. The van der Waals surface area contributed by atoms with E-state index in [1.165, 1.54) is 24.8 Å². The van der Waals surface area contributed by atoms with E-state index >= 15 is 0 Å². The van der Waals surface area contributed by atoms with Gasteiger partial charge in [0, 0.05) is 5.41 Å². The zero-order valence-electron chi connectivity index (χ0n) is 14.9. The molecule has 21 heavy (non-hydrogen) atoms. The molecule has 0 heterocycles. The minimum Gasteiger partial charge on any atom is -0.376 e. The van der Waals surface area contributed by atoms with Gasteiger partial charge in [0.1, 0.15) is 0 Å². The molecule has 0 amide bonds. The Kier molecular flexibility index (Phi) is 6.93. The van der Waals surface area contributed by atoms with Crippen LogP contribution >= 0.6 is 0 Å². The van der Waals surface area contributed by atoms with Crippen LogP contribution in [0.1, 0.15) is 66.4 Å². The smallest absolute Gasteiger partial charge is 0.0717 e. The van der Waals surface area contributed by atoms with Crippen LogP contribution < -0.4 is 0 Å². The van der Waals surface area contributed by atoms with Gasteiger partial charge in [-0.15, -0.1) is 0 Å². The quantitative estimate of drug-likeness (QED) is 0.563. The van der Waals surface area contributed by atoms with Gasteiger partial charge in [-0.3, -0.25) is 0 Å². The average Bonchev–Trinajstić information content (AvgIpc) is 2.42. The summed E-state index contributed by atoms with van der Waals surface area (Å²) in [5.41, 5.74) is 1.77. The summed E-state index contributed by atoms with van der Waals surface area (Å²) in [6.45, 7) is 15.7. The van der Waals surface area contributed by atoms with Gasteiger partial charge in [0.2, 0.25) is 0 Å². The van der Waals surface area contributed by atoms with E-state index in [1.54, 1.807) is 0 Å². The summed E-state index contributed by atoms with van der Waals surface area (Å²) in [6, 6.07) is 10.5. The summed E-state index contributed by atoms with van der Waals surface area (Å²) in [5, 5.41) is 0. The Bertz CT molecular complexity index is 388. The third-order valence-electron chi connectivity index (χ3n) is 5.05. The summed E-state index contributed by atoms with van der Waals surface area (Å²) >= 11 is 0. The first kappa shape index (κ1) is 18.2. The van der Waals surface area contributed by atoms with Gasteiger partial charge in [-0.2, -0.15) is 0 Å². The van der Waals surface area contributed by atoms with Gasteiger partial charge in [-0.05, 0) is 23.3 Å². The van der Waals surface area contributed by atoms with Gasteiger partial charge in [-0.1, -0.05) is 84.7 Å². The number of benzene rings is 1. The molecule has 1 unspecified atom stereocenters. The van der Waals surface area contributed by atoms with Crippen molar-refractivity contribution in [2.45, 2.75) is 67.4 Å². The zero-order chi connectivity index (χ0) is 15.9. The lowest BCUT2D eigenvalue weighted by Crippen LogP contribution is -2.44. The fourth-order valence-electron chi connectivity index (χ4n) is 3.40. The maximum Gasteiger partial charge on any atom is 0.0717 e. The van der Waals surface area contributed by atoms with Crippen LogP contribution in [-0.2, 0) is 11.3 Å². The van der Waals surface area contributed by atoms with Crippen LogP contribution in [0.25, 0.3) is 0 Å². The molecule has 1 heteroatoms.